The molecule has 0 aliphatic heterocycles. The van der Waals surface area contributed by atoms with E-state index in [-0.39, 0.29) is 0 Å². The molecule has 0 atom stereocenters. The second-order valence-electron chi connectivity index (χ2n) is 4.62. The van der Waals surface area contributed by atoms with E-state index in [0.29, 0.717) is 17.4 Å². The van der Waals surface area contributed by atoms with Crippen LogP contribution in [0.2, 0.25) is 0 Å². The number of hydrogen-bond acceptors (Lipinski definition) is 5. The predicted octanol–water partition coefficient (Wildman–Crippen LogP) is 3.60. The van der Waals surface area contributed by atoms with Crippen LogP contribution in [0.4, 0.5) is 17.5 Å². The summed E-state index contributed by atoms with van der Waals surface area (Å²) in [5.74, 6) is 1.26. The summed E-state index contributed by atoms with van der Waals surface area (Å²) in [4.78, 5) is 16.1. The van der Waals surface area contributed by atoms with Crippen LogP contribution in [0, 0.1) is 6.92 Å². The van der Waals surface area contributed by atoms with Gasteiger partial charge in [0.05, 0.1) is 6.33 Å². The van der Waals surface area contributed by atoms with Gasteiger partial charge in [0, 0.05) is 16.7 Å². The number of benzene rings is 1. The average Bonchev–Trinajstić information content (AvgIpc) is 2.92. The van der Waals surface area contributed by atoms with Crippen molar-refractivity contribution in [2.24, 2.45) is 0 Å². The number of anilines is 3. The summed E-state index contributed by atoms with van der Waals surface area (Å²) in [6.07, 6.45) is 1.62. The van der Waals surface area contributed by atoms with Crippen LogP contribution < -0.4 is 10.6 Å². The van der Waals surface area contributed by atoms with Gasteiger partial charge in [-0.25, -0.2) is 4.98 Å². The lowest BCUT2D eigenvalue weighted by Gasteiger charge is -2.10. The number of fused-ring (bicyclic) bond motifs is 1. The van der Waals surface area contributed by atoms with Gasteiger partial charge < -0.3 is 15.6 Å². The number of rotatable bonds is 4. The molecule has 3 N–H and O–H groups in total. The van der Waals surface area contributed by atoms with Crippen molar-refractivity contribution in [1.29, 1.82) is 0 Å². The van der Waals surface area contributed by atoms with E-state index in [1.165, 1.54) is 5.56 Å². The Bertz CT molecular complexity index is 782. The number of imidazole rings is 1. The van der Waals surface area contributed by atoms with Gasteiger partial charge in [-0.1, -0.05) is 22.0 Å². The maximum absolute atomic E-state index is 4.49. The van der Waals surface area contributed by atoms with Crippen LogP contribution in [0.15, 0.2) is 29.0 Å². The summed E-state index contributed by atoms with van der Waals surface area (Å²) >= 11 is 3.54. The topological polar surface area (TPSA) is 78.5 Å². The smallest absolute Gasteiger partial charge is 0.226 e. The van der Waals surface area contributed by atoms with Crippen molar-refractivity contribution >= 4 is 44.5 Å². The highest BCUT2D eigenvalue weighted by molar-refractivity contribution is 9.10. The number of aromatic nitrogens is 4. The molecule has 0 aliphatic carbocycles. The van der Waals surface area contributed by atoms with Crippen LogP contribution in [-0.4, -0.2) is 26.5 Å². The molecule has 2 aromatic heterocycles. The van der Waals surface area contributed by atoms with E-state index in [0.717, 1.165) is 22.2 Å². The van der Waals surface area contributed by atoms with Crippen molar-refractivity contribution in [2.45, 2.75) is 13.8 Å². The predicted molar refractivity (Wildman–Crippen MR) is 88.0 cm³/mol. The molecule has 1 aromatic carbocycles. The van der Waals surface area contributed by atoms with E-state index >= 15 is 0 Å². The Kier molecular flexibility index (Phi) is 3.74. The number of nitrogens with zero attached hydrogens (tertiary/aromatic N) is 3. The van der Waals surface area contributed by atoms with Gasteiger partial charge in [0.2, 0.25) is 5.95 Å². The third kappa shape index (κ3) is 2.82. The standard InChI is InChI=1S/C14H15BrN6/c1-3-16-14-20-12-11(17-7-18-12)13(21-14)19-9-5-4-8(2)10(15)6-9/h4-7H,3H2,1-2H3,(H3,16,17,18,19,20,21). The summed E-state index contributed by atoms with van der Waals surface area (Å²) in [7, 11) is 0. The monoisotopic (exact) mass is 346 g/mol. The first-order chi connectivity index (χ1) is 10.2. The number of aromatic amines is 1. The number of nitrogens with one attached hydrogen (secondary N) is 3. The summed E-state index contributed by atoms with van der Waals surface area (Å²) in [5.41, 5.74) is 3.55. The highest BCUT2D eigenvalue weighted by Crippen LogP contribution is 2.26. The Labute approximate surface area is 130 Å². The van der Waals surface area contributed by atoms with E-state index in [1.807, 2.05) is 25.1 Å². The Morgan fingerprint density at radius 3 is 2.90 bits per heavy atom. The number of aryl methyl sites for hydroxylation is 1. The molecule has 2 heterocycles. The lowest BCUT2D eigenvalue weighted by molar-refractivity contribution is 1.10. The van der Waals surface area contributed by atoms with Gasteiger partial charge in [-0.05, 0) is 31.5 Å². The van der Waals surface area contributed by atoms with Crippen molar-refractivity contribution < 1.29 is 0 Å². The Morgan fingerprint density at radius 1 is 1.29 bits per heavy atom. The van der Waals surface area contributed by atoms with Crippen molar-refractivity contribution in [1.82, 2.24) is 19.9 Å². The van der Waals surface area contributed by atoms with Crippen molar-refractivity contribution in [2.75, 3.05) is 17.2 Å². The molecular weight excluding hydrogens is 332 g/mol. The fourth-order valence-electron chi connectivity index (χ4n) is 1.97. The molecule has 0 saturated heterocycles. The van der Waals surface area contributed by atoms with Gasteiger partial charge in [-0.3, -0.25) is 0 Å². The summed E-state index contributed by atoms with van der Waals surface area (Å²) in [5, 5.41) is 6.42. The van der Waals surface area contributed by atoms with Gasteiger partial charge in [0.25, 0.3) is 0 Å². The molecule has 7 heteroatoms. The Balaban J connectivity index is 2.01. The van der Waals surface area contributed by atoms with Gasteiger partial charge >= 0.3 is 0 Å². The molecule has 0 unspecified atom stereocenters. The zero-order chi connectivity index (χ0) is 14.8. The van der Waals surface area contributed by atoms with E-state index < -0.39 is 0 Å². The first-order valence-corrected chi connectivity index (χ1v) is 7.45. The second-order valence-corrected chi connectivity index (χ2v) is 5.47. The lowest BCUT2D eigenvalue weighted by atomic mass is 10.2. The third-order valence-corrected chi connectivity index (χ3v) is 3.91. The maximum Gasteiger partial charge on any atom is 0.226 e. The summed E-state index contributed by atoms with van der Waals surface area (Å²) in [6, 6.07) is 6.08. The molecule has 3 aromatic rings. The minimum Gasteiger partial charge on any atom is -0.354 e. The van der Waals surface area contributed by atoms with Gasteiger partial charge in [-0.2, -0.15) is 9.97 Å². The van der Waals surface area contributed by atoms with Gasteiger partial charge in [0.1, 0.15) is 5.52 Å². The maximum atomic E-state index is 4.49. The minimum absolute atomic E-state index is 0.561. The lowest BCUT2D eigenvalue weighted by Crippen LogP contribution is -2.05. The number of halogens is 1. The molecule has 21 heavy (non-hydrogen) atoms. The SMILES string of the molecule is CCNc1nc(Nc2ccc(C)c(Br)c2)c2[nH]cnc2n1. The molecule has 0 aliphatic rings. The highest BCUT2D eigenvalue weighted by Gasteiger charge is 2.10. The second kappa shape index (κ2) is 5.69. The number of H-pyrrole nitrogens is 1. The van der Waals surface area contributed by atoms with Crippen LogP contribution in [-0.2, 0) is 0 Å². The average molecular weight is 347 g/mol. The fourth-order valence-corrected chi connectivity index (χ4v) is 2.35. The first kappa shape index (κ1) is 13.8. The minimum atomic E-state index is 0.561. The molecule has 0 bridgehead atoms. The van der Waals surface area contributed by atoms with E-state index in [1.54, 1.807) is 6.33 Å². The molecule has 0 spiro atoms. The molecule has 3 rings (SSSR count). The zero-order valence-corrected chi connectivity index (χ0v) is 13.3. The molecule has 6 nitrogen and oxygen atoms in total. The zero-order valence-electron chi connectivity index (χ0n) is 11.7. The van der Waals surface area contributed by atoms with Gasteiger partial charge in [-0.15, -0.1) is 0 Å². The largest absolute Gasteiger partial charge is 0.354 e. The summed E-state index contributed by atoms with van der Waals surface area (Å²) < 4.78 is 1.05. The molecule has 0 saturated carbocycles. The van der Waals surface area contributed by atoms with Crippen LogP contribution in [0.1, 0.15) is 12.5 Å². The van der Waals surface area contributed by atoms with Crippen LogP contribution in [0.25, 0.3) is 11.2 Å². The van der Waals surface area contributed by atoms with E-state index in [4.69, 9.17) is 0 Å². The van der Waals surface area contributed by atoms with Crippen LogP contribution >= 0.6 is 15.9 Å². The van der Waals surface area contributed by atoms with E-state index in [9.17, 15) is 0 Å². The third-order valence-electron chi connectivity index (χ3n) is 3.06. The fraction of sp³-hybridized carbons (Fsp3) is 0.214. The molecular formula is C14H15BrN6. The molecule has 0 amide bonds. The van der Waals surface area contributed by atoms with Crippen molar-refractivity contribution in [3.05, 3.63) is 34.6 Å². The van der Waals surface area contributed by atoms with Gasteiger partial charge in [0.15, 0.2) is 11.5 Å². The quantitative estimate of drug-likeness (QED) is 0.672. The summed E-state index contributed by atoms with van der Waals surface area (Å²) in [6.45, 7) is 4.81. The number of hydrogen-bond donors (Lipinski definition) is 3. The van der Waals surface area contributed by atoms with Crippen molar-refractivity contribution in [3.63, 3.8) is 0 Å². The normalized spacial score (nSPS) is 10.8. The Morgan fingerprint density at radius 2 is 2.14 bits per heavy atom. The first-order valence-electron chi connectivity index (χ1n) is 6.65. The molecule has 108 valence electrons. The van der Waals surface area contributed by atoms with E-state index in [2.05, 4.69) is 53.4 Å². The molecule has 0 radical (unpaired) electrons. The van der Waals surface area contributed by atoms with Crippen molar-refractivity contribution in [3.8, 4) is 0 Å². The highest BCUT2D eigenvalue weighted by atomic mass is 79.9. The molecule has 0 fully saturated rings. The Hall–Kier alpha value is -2.15. The van der Waals surface area contributed by atoms with Crippen LogP contribution in [0.3, 0.4) is 0 Å². The van der Waals surface area contributed by atoms with Crippen LogP contribution in [0.5, 0.6) is 0 Å².